The summed E-state index contributed by atoms with van der Waals surface area (Å²) in [5.74, 6) is -4.60. The number of nitrogens with zero attached hydrogens (tertiary/aromatic N) is 1. The third kappa shape index (κ3) is 12.6. The van der Waals surface area contributed by atoms with Gasteiger partial charge < -0.3 is 42.9 Å². The summed E-state index contributed by atoms with van der Waals surface area (Å²) in [7, 11) is 0. The van der Waals surface area contributed by atoms with Crippen molar-refractivity contribution in [3.63, 3.8) is 0 Å². The first-order valence-corrected chi connectivity index (χ1v) is 14.8. The number of carbonyl (C=O) groups is 5. The molecule has 0 bridgehead atoms. The Labute approximate surface area is 259 Å². The van der Waals surface area contributed by atoms with E-state index in [2.05, 4.69) is 10.6 Å². The number of nitrogens with one attached hydrogen (secondary N) is 2. The van der Waals surface area contributed by atoms with Crippen molar-refractivity contribution in [2.45, 2.75) is 87.6 Å². The van der Waals surface area contributed by atoms with E-state index in [9.17, 15) is 37.5 Å². The number of piperidine rings is 1. The van der Waals surface area contributed by atoms with Gasteiger partial charge in [0, 0.05) is 13.1 Å². The Kier molecular flexibility index (Phi) is 14.2. The lowest BCUT2D eigenvalue weighted by Crippen LogP contribution is -2.60. The fourth-order valence-corrected chi connectivity index (χ4v) is 4.74. The summed E-state index contributed by atoms with van der Waals surface area (Å²) in [6, 6.07) is 7.01. The molecule has 3 rings (SSSR count). The van der Waals surface area contributed by atoms with E-state index in [1.54, 1.807) is 4.90 Å². The first kappa shape index (κ1) is 37.4. The first-order chi connectivity index (χ1) is 21.1. The molecule has 3 unspecified atom stereocenters. The van der Waals surface area contributed by atoms with Crippen LogP contribution in [0.5, 0.6) is 0 Å². The summed E-state index contributed by atoms with van der Waals surface area (Å²) in [6.45, 7) is 0.857. The van der Waals surface area contributed by atoms with Crippen LogP contribution in [0.15, 0.2) is 30.3 Å². The lowest BCUT2D eigenvalue weighted by Gasteiger charge is -2.38. The highest BCUT2D eigenvalue weighted by atomic mass is 19.4. The minimum atomic E-state index is -5.08. The number of rotatable bonds is 14. The Hall–Kier alpha value is -3.76. The number of carboxylic acids is 2. The molecular weight excluding hydrogens is 601 g/mol. The van der Waals surface area contributed by atoms with E-state index in [0.29, 0.717) is 44.6 Å². The lowest BCUT2D eigenvalue weighted by atomic mass is 9.88. The molecule has 252 valence electrons. The van der Waals surface area contributed by atoms with E-state index in [0.717, 1.165) is 18.4 Å². The van der Waals surface area contributed by atoms with Crippen molar-refractivity contribution in [2.75, 3.05) is 19.6 Å². The van der Waals surface area contributed by atoms with Crippen molar-refractivity contribution in [1.82, 2.24) is 15.5 Å². The third-order valence-corrected chi connectivity index (χ3v) is 7.73. The quantitative estimate of drug-likeness (QED) is 0.139. The molecule has 1 aromatic carbocycles. The average molecular weight is 645 g/mol. The van der Waals surface area contributed by atoms with Crippen LogP contribution in [0, 0.1) is 5.92 Å². The summed E-state index contributed by atoms with van der Waals surface area (Å²) in [6.07, 6.45) is -0.272. The molecule has 1 saturated heterocycles. The molecule has 2 aliphatic rings. The van der Waals surface area contributed by atoms with Gasteiger partial charge in [0.2, 0.25) is 17.7 Å². The Balaban J connectivity index is 0.000000900. The molecule has 0 spiro atoms. The van der Waals surface area contributed by atoms with Gasteiger partial charge >= 0.3 is 18.1 Å². The molecule has 1 aliphatic heterocycles. The molecule has 3 amide bonds. The number of aliphatic carboxylic acids is 2. The third-order valence-electron chi connectivity index (χ3n) is 7.73. The predicted octanol–water partition coefficient (Wildman–Crippen LogP) is 0.493. The molecule has 1 heterocycles. The van der Waals surface area contributed by atoms with E-state index in [1.165, 1.54) is 0 Å². The van der Waals surface area contributed by atoms with Gasteiger partial charge in [0.25, 0.3) is 0 Å². The van der Waals surface area contributed by atoms with E-state index in [1.807, 2.05) is 30.3 Å². The van der Waals surface area contributed by atoms with Gasteiger partial charge in [-0.1, -0.05) is 43.2 Å². The van der Waals surface area contributed by atoms with Crippen molar-refractivity contribution in [1.29, 1.82) is 0 Å². The van der Waals surface area contributed by atoms with E-state index in [4.69, 9.17) is 27.1 Å². The number of unbranched alkanes of at least 4 members (excludes halogenated alkanes) is 1. The second-order valence-corrected chi connectivity index (χ2v) is 11.5. The van der Waals surface area contributed by atoms with Crippen molar-refractivity contribution in [3.8, 4) is 0 Å². The normalized spacial score (nSPS) is 18.0. The Morgan fingerprint density at radius 3 is 2.00 bits per heavy atom. The highest BCUT2D eigenvalue weighted by Gasteiger charge is 2.41. The number of nitrogens with two attached hydrogens (primary N) is 3. The predicted molar refractivity (Wildman–Crippen MR) is 156 cm³/mol. The van der Waals surface area contributed by atoms with E-state index >= 15 is 0 Å². The molecule has 10 N–H and O–H groups in total. The second-order valence-electron chi connectivity index (χ2n) is 11.5. The number of likely N-dealkylation sites (tertiary alicyclic amines) is 1. The number of alkyl halides is 3. The fraction of sp³-hybridized carbons (Fsp3) is 0.621. The molecule has 3 atom stereocenters. The number of amides is 3. The summed E-state index contributed by atoms with van der Waals surface area (Å²) < 4.78 is 31.7. The van der Waals surface area contributed by atoms with Crippen LogP contribution in [-0.2, 0) is 30.4 Å². The van der Waals surface area contributed by atoms with Crippen molar-refractivity contribution in [2.24, 2.45) is 23.1 Å². The Morgan fingerprint density at radius 1 is 0.956 bits per heavy atom. The van der Waals surface area contributed by atoms with Crippen LogP contribution in [0.25, 0.3) is 0 Å². The number of carbonyl (C=O) groups excluding carboxylic acids is 3. The summed E-state index contributed by atoms with van der Waals surface area (Å²) in [5.41, 5.74) is 17.3. The van der Waals surface area contributed by atoms with Crippen molar-refractivity contribution >= 4 is 29.7 Å². The van der Waals surface area contributed by atoms with Crippen LogP contribution < -0.4 is 27.8 Å². The largest absolute Gasteiger partial charge is 0.490 e. The van der Waals surface area contributed by atoms with Crippen LogP contribution >= 0.6 is 0 Å². The number of carboxylic acid groups (broad SMARTS) is 2. The zero-order valence-electron chi connectivity index (χ0n) is 24.9. The van der Waals surface area contributed by atoms with Crippen LogP contribution in [0.2, 0.25) is 0 Å². The van der Waals surface area contributed by atoms with E-state index < -0.39 is 53.6 Å². The molecule has 45 heavy (non-hydrogen) atoms. The molecule has 1 aliphatic carbocycles. The maximum Gasteiger partial charge on any atom is 0.490 e. The van der Waals surface area contributed by atoms with Crippen LogP contribution in [0.4, 0.5) is 13.2 Å². The standard InChI is InChI=1S/C27H42N6O5.C2HF3O2/c28-13-5-4-8-21(25(36)33-14-11-27(30,12-15-33)26(37)38)31-24(35)22(17-19-9-10-19)32-23(34)20(29)16-18-6-2-1-3-7-18;3-2(4,5)1(6)7/h1-3,6-7,19-22H,4-5,8-17,28-30H2,(H,31,35)(H,32,34)(H,37,38);(H,6,7). The van der Waals surface area contributed by atoms with Crippen LogP contribution in [0.1, 0.15) is 56.9 Å². The minimum Gasteiger partial charge on any atom is -0.480 e. The maximum absolute atomic E-state index is 13.4. The van der Waals surface area contributed by atoms with Crippen LogP contribution in [0.3, 0.4) is 0 Å². The smallest absolute Gasteiger partial charge is 0.480 e. The van der Waals surface area contributed by atoms with Gasteiger partial charge in [-0.25, -0.2) is 4.79 Å². The van der Waals surface area contributed by atoms with Gasteiger partial charge in [-0.15, -0.1) is 0 Å². The molecule has 0 radical (unpaired) electrons. The van der Waals surface area contributed by atoms with Gasteiger partial charge in [0.1, 0.15) is 17.6 Å². The van der Waals surface area contributed by atoms with Crippen molar-refractivity contribution < 1.29 is 47.4 Å². The highest BCUT2D eigenvalue weighted by molar-refractivity contribution is 5.93. The highest BCUT2D eigenvalue weighted by Crippen LogP contribution is 2.33. The monoisotopic (exact) mass is 644 g/mol. The second kappa shape index (κ2) is 17.1. The Morgan fingerprint density at radius 2 is 1.51 bits per heavy atom. The topological polar surface area (TPSA) is 231 Å². The number of hydrogen-bond acceptors (Lipinski definition) is 8. The zero-order chi connectivity index (χ0) is 33.8. The lowest BCUT2D eigenvalue weighted by molar-refractivity contribution is -0.192. The van der Waals surface area contributed by atoms with Crippen LogP contribution in [-0.4, -0.2) is 94.2 Å². The number of benzene rings is 1. The average Bonchev–Trinajstić information content (AvgIpc) is 3.81. The van der Waals surface area contributed by atoms with Gasteiger partial charge in [0.15, 0.2) is 0 Å². The molecule has 1 aromatic rings. The van der Waals surface area contributed by atoms with E-state index in [-0.39, 0.29) is 31.8 Å². The van der Waals surface area contributed by atoms with Gasteiger partial charge in [-0.05, 0) is 63.0 Å². The number of hydrogen-bond donors (Lipinski definition) is 7. The molecule has 1 saturated carbocycles. The molecular formula is C29H43F3N6O7. The summed E-state index contributed by atoms with van der Waals surface area (Å²) >= 11 is 0. The molecule has 0 aromatic heterocycles. The summed E-state index contributed by atoms with van der Waals surface area (Å²) in [4.78, 5) is 61.6. The SMILES string of the molecule is NCCCCC(NC(=O)C(CC1CC1)NC(=O)C(N)Cc1ccccc1)C(=O)N1CCC(N)(C(=O)O)CC1.O=C(O)C(F)(F)F. The van der Waals surface area contributed by atoms with Crippen molar-refractivity contribution in [3.05, 3.63) is 35.9 Å². The maximum atomic E-state index is 13.4. The zero-order valence-corrected chi connectivity index (χ0v) is 24.9. The Bertz CT molecular complexity index is 1160. The van der Waals surface area contributed by atoms with Gasteiger partial charge in [-0.3, -0.25) is 19.2 Å². The molecule has 2 fully saturated rings. The minimum absolute atomic E-state index is 0.136. The molecule has 16 heteroatoms. The fourth-order valence-electron chi connectivity index (χ4n) is 4.74. The number of halogens is 3. The van der Waals surface area contributed by atoms with Gasteiger partial charge in [-0.2, -0.15) is 13.2 Å². The summed E-state index contributed by atoms with van der Waals surface area (Å²) in [5, 5.41) is 22.2. The van der Waals surface area contributed by atoms with Gasteiger partial charge in [0.05, 0.1) is 6.04 Å². The molecule has 13 nitrogen and oxygen atoms in total. The first-order valence-electron chi connectivity index (χ1n) is 14.8.